The number of hydrogen-bond donors (Lipinski definition) is 2. The maximum Gasteiger partial charge on any atom is 0.0460 e. The first-order valence-electron chi connectivity index (χ1n) is 5.58. The second kappa shape index (κ2) is 4.60. The molecule has 0 amide bonds. The van der Waals surface area contributed by atoms with Crippen molar-refractivity contribution < 1.29 is 0 Å². The Kier molecular flexibility index (Phi) is 3.36. The van der Waals surface area contributed by atoms with Gasteiger partial charge in [-0.2, -0.15) is 0 Å². The Bertz CT molecular complexity index is 500. The van der Waals surface area contributed by atoms with E-state index in [1.165, 1.54) is 22.2 Å². The SMILES string of the molecule is CNCc1c(C(C)C)[nH]c2ccc(Br)cc12. The third-order valence-corrected chi connectivity index (χ3v) is 3.33. The molecule has 2 aromatic rings. The van der Waals surface area contributed by atoms with E-state index in [2.05, 4.69) is 58.3 Å². The number of rotatable bonds is 3. The smallest absolute Gasteiger partial charge is 0.0460 e. The Morgan fingerprint density at radius 3 is 2.75 bits per heavy atom. The minimum atomic E-state index is 0.523. The molecule has 0 aliphatic heterocycles. The summed E-state index contributed by atoms with van der Waals surface area (Å²) in [4.78, 5) is 3.51. The van der Waals surface area contributed by atoms with Crippen LogP contribution in [0, 0.1) is 0 Å². The van der Waals surface area contributed by atoms with Crippen molar-refractivity contribution in [3.63, 3.8) is 0 Å². The molecule has 0 spiro atoms. The monoisotopic (exact) mass is 280 g/mol. The fourth-order valence-corrected chi connectivity index (χ4v) is 2.46. The summed E-state index contributed by atoms with van der Waals surface area (Å²) in [5.74, 6) is 0.523. The summed E-state index contributed by atoms with van der Waals surface area (Å²) in [6, 6.07) is 6.39. The van der Waals surface area contributed by atoms with E-state index in [0.717, 1.165) is 11.0 Å². The Morgan fingerprint density at radius 1 is 1.38 bits per heavy atom. The predicted molar refractivity (Wildman–Crippen MR) is 72.9 cm³/mol. The predicted octanol–water partition coefficient (Wildman–Crippen LogP) is 3.77. The molecule has 1 aromatic heterocycles. The molecule has 0 saturated carbocycles. The topological polar surface area (TPSA) is 27.8 Å². The van der Waals surface area contributed by atoms with E-state index in [-0.39, 0.29) is 0 Å². The van der Waals surface area contributed by atoms with Gasteiger partial charge in [-0.1, -0.05) is 29.8 Å². The minimum Gasteiger partial charge on any atom is -0.358 e. The molecule has 0 radical (unpaired) electrons. The average Bonchev–Trinajstić information content (AvgIpc) is 2.58. The lowest BCUT2D eigenvalue weighted by Gasteiger charge is -2.07. The average molecular weight is 281 g/mol. The molecular formula is C13H17BrN2. The quantitative estimate of drug-likeness (QED) is 0.880. The first-order chi connectivity index (χ1) is 7.63. The van der Waals surface area contributed by atoms with E-state index in [0.29, 0.717) is 5.92 Å². The summed E-state index contributed by atoms with van der Waals surface area (Å²) < 4.78 is 1.13. The molecule has 1 heterocycles. The van der Waals surface area contributed by atoms with Crippen molar-refractivity contribution >= 4 is 26.8 Å². The lowest BCUT2D eigenvalue weighted by Crippen LogP contribution is -2.07. The van der Waals surface area contributed by atoms with Gasteiger partial charge in [0.2, 0.25) is 0 Å². The summed E-state index contributed by atoms with van der Waals surface area (Å²) >= 11 is 3.53. The van der Waals surface area contributed by atoms with Crippen LogP contribution in [0.4, 0.5) is 0 Å². The molecule has 1 aromatic carbocycles. The van der Waals surface area contributed by atoms with Crippen LogP contribution in [0.15, 0.2) is 22.7 Å². The third-order valence-electron chi connectivity index (χ3n) is 2.83. The van der Waals surface area contributed by atoms with Gasteiger partial charge >= 0.3 is 0 Å². The van der Waals surface area contributed by atoms with Crippen molar-refractivity contribution in [1.29, 1.82) is 0 Å². The second-order valence-corrected chi connectivity index (χ2v) is 5.31. The van der Waals surface area contributed by atoms with E-state index in [9.17, 15) is 0 Å². The molecule has 0 bridgehead atoms. The molecule has 2 nitrogen and oxygen atoms in total. The molecule has 2 N–H and O–H groups in total. The molecule has 0 unspecified atom stereocenters. The van der Waals surface area contributed by atoms with Crippen molar-refractivity contribution in [2.24, 2.45) is 0 Å². The number of H-pyrrole nitrogens is 1. The molecule has 16 heavy (non-hydrogen) atoms. The van der Waals surface area contributed by atoms with E-state index < -0.39 is 0 Å². The molecular weight excluding hydrogens is 264 g/mol. The van der Waals surface area contributed by atoms with Crippen molar-refractivity contribution in [1.82, 2.24) is 10.3 Å². The van der Waals surface area contributed by atoms with Gasteiger partial charge in [-0.25, -0.2) is 0 Å². The van der Waals surface area contributed by atoms with Crippen molar-refractivity contribution in [3.8, 4) is 0 Å². The number of hydrogen-bond acceptors (Lipinski definition) is 1. The van der Waals surface area contributed by atoms with E-state index in [1.807, 2.05) is 7.05 Å². The van der Waals surface area contributed by atoms with Gasteiger partial charge in [0, 0.05) is 27.6 Å². The molecule has 3 heteroatoms. The summed E-state index contributed by atoms with van der Waals surface area (Å²) in [6.45, 7) is 5.35. The van der Waals surface area contributed by atoms with Crippen LogP contribution >= 0.6 is 15.9 Å². The van der Waals surface area contributed by atoms with Crippen LogP contribution in [-0.2, 0) is 6.54 Å². The maximum absolute atomic E-state index is 3.53. The first-order valence-corrected chi connectivity index (χ1v) is 6.37. The number of aromatic amines is 1. The Balaban J connectivity index is 2.67. The number of aromatic nitrogens is 1. The highest BCUT2D eigenvalue weighted by Gasteiger charge is 2.13. The number of nitrogens with one attached hydrogen (secondary N) is 2. The van der Waals surface area contributed by atoms with Crippen LogP contribution < -0.4 is 5.32 Å². The third kappa shape index (κ3) is 2.02. The lowest BCUT2D eigenvalue weighted by atomic mass is 10.0. The van der Waals surface area contributed by atoms with Crippen LogP contribution in [0.3, 0.4) is 0 Å². The largest absolute Gasteiger partial charge is 0.358 e. The van der Waals surface area contributed by atoms with Gasteiger partial charge in [-0.05, 0) is 36.7 Å². The fourth-order valence-electron chi connectivity index (χ4n) is 2.10. The Labute approximate surface area is 105 Å². The molecule has 2 rings (SSSR count). The van der Waals surface area contributed by atoms with Gasteiger partial charge < -0.3 is 10.3 Å². The molecule has 0 saturated heterocycles. The number of benzene rings is 1. The zero-order valence-electron chi connectivity index (χ0n) is 9.89. The van der Waals surface area contributed by atoms with Crippen LogP contribution in [0.1, 0.15) is 31.0 Å². The summed E-state index contributed by atoms with van der Waals surface area (Å²) in [7, 11) is 1.99. The molecule has 0 atom stereocenters. The highest BCUT2D eigenvalue weighted by molar-refractivity contribution is 9.10. The zero-order valence-corrected chi connectivity index (χ0v) is 11.5. The van der Waals surface area contributed by atoms with E-state index >= 15 is 0 Å². The van der Waals surface area contributed by atoms with Gasteiger partial charge in [-0.15, -0.1) is 0 Å². The van der Waals surface area contributed by atoms with Gasteiger partial charge in [0.25, 0.3) is 0 Å². The summed E-state index contributed by atoms with van der Waals surface area (Å²) in [5.41, 5.74) is 3.94. The van der Waals surface area contributed by atoms with Gasteiger partial charge in [-0.3, -0.25) is 0 Å². The standard InChI is InChI=1S/C13H17BrN2/c1-8(2)13-11(7-15-3)10-6-9(14)4-5-12(10)16-13/h4-6,8,15-16H,7H2,1-3H3. The van der Waals surface area contributed by atoms with Crippen LogP contribution in [-0.4, -0.2) is 12.0 Å². The normalized spacial score (nSPS) is 11.6. The van der Waals surface area contributed by atoms with Crippen molar-refractivity contribution in [3.05, 3.63) is 33.9 Å². The first kappa shape index (κ1) is 11.7. The fraction of sp³-hybridized carbons (Fsp3) is 0.385. The number of fused-ring (bicyclic) bond motifs is 1. The minimum absolute atomic E-state index is 0.523. The molecule has 0 fully saturated rings. The van der Waals surface area contributed by atoms with Gasteiger partial charge in [0.15, 0.2) is 0 Å². The maximum atomic E-state index is 3.53. The molecule has 86 valence electrons. The highest BCUT2D eigenvalue weighted by atomic mass is 79.9. The summed E-state index contributed by atoms with van der Waals surface area (Å²) in [6.07, 6.45) is 0. The molecule has 0 aliphatic carbocycles. The van der Waals surface area contributed by atoms with E-state index in [1.54, 1.807) is 0 Å². The van der Waals surface area contributed by atoms with Crippen LogP contribution in [0.25, 0.3) is 10.9 Å². The van der Waals surface area contributed by atoms with Gasteiger partial charge in [0.1, 0.15) is 0 Å². The Hall–Kier alpha value is -0.800. The van der Waals surface area contributed by atoms with Crippen molar-refractivity contribution in [2.75, 3.05) is 7.05 Å². The van der Waals surface area contributed by atoms with Gasteiger partial charge in [0.05, 0.1) is 0 Å². The molecule has 0 aliphatic rings. The second-order valence-electron chi connectivity index (χ2n) is 4.39. The zero-order chi connectivity index (χ0) is 11.7. The van der Waals surface area contributed by atoms with Crippen LogP contribution in [0.5, 0.6) is 0 Å². The lowest BCUT2D eigenvalue weighted by molar-refractivity contribution is 0.768. The highest BCUT2D eigenvalue weighted by Crippen LogP contribution is 2.29. The van der Waals surface area contributed by atoms with Crippen molar-refractivity contribution in [2.45, 2.75) is 26.3 Å². The number of halogens is 1. The van der Waals surface area contributed by atoms with E-state index in [4.69, 9.17) is 0 Å². The van der Waals surface area contributed by atoms with Crippen LogP contribution in [0.2, 0.25) is 0 Å². The summed E-state index contributed by atoms with van der Waals surface area (Å²) in [5, 5.41) is 4.55. The Morgan fingerprint density at radius 2 is 2.12 bits per heavy atom.